The fraction of sp³-hybridized carbons (Fsp3) is 0.0714. The summed E-state index contributed by atoms with van der Waals surface area (Å²) in [7, 11) is 0. The monoisotopic (exact) mass is 275 g/mol. The SMILES string of the molecule is O=C(C[n+]1ccccc1)NN=Cc1ccccc1.[Cl-]. The van der Waals surface area contributed by atoms with Crippen molar-refractivity contribution in [2.45, 2.75) is 6.54 Å². The van der Waals surface area contributed by atoms with Gasteiger partial charge in [-0.2, -0.15) is 9.67 Å². The minimum atomic E-state index is -0.154. The topological polar surface area (TPSA) is 45.3 Å². The Morgan fingerprint density at radius 3 is 2.42 bits per heavy atom. The molecule has 98 valence electrons. The van der Waals surface area contributed by atoms with Crippen LogP contribution in [0.15, 0.2) is 66.0 Å². The van der Waals surface area contributed by atoms with Crippen LogP contribution in [-0.2, 0) is 11.3 Å². The van der Waals surface area contributed by atoms with Crippen molar-refractivity contribution in [3.8, 4) is 0 Å². The van der Waals surface area contributed by atoms with Crippen molar-refractivity contribution in [1.82, 2.24) is 5.43 Å². The molecule has 5 heteroatoms. The highest BCUT2D eigenvalue weighted by Crippen LogP contribution is 1.92. The maximum atomic E-state index is 11.6. The lowest BCUT2D eigenvalue weighted by molar-refractivity contribution is -0.684. The summed E-state index contributed by atoms with van der Waals surface area (Å²) in [5, 5.41) is 3.90. The third-order valence-corrected chi connectivity index (χ3v) is 2.31. The second-order valence-corrected chi connectivity index (χ2v) is 3.75. The highest BCUT2D eigenvalue weighted by molar-refractivity contribution is 5.81. The van der Waals surface area contributed by atoms with Crippen LogP contribution in [0.25, 0.3) is 0 Å². The molecular formula is C14H14ClN3O. The molecule has 1 aromatic carbocycles. The van der Waals surface area contributed by atoms with Gasteiger partial charge in [-0.1, -0.05) is 36.4 Å². The van der Waals surface area contributed by atoms with Gasteiger partial charge in [-0.3, -0.25) is 4.79 Å². The number of halogens is 1. The fourth-order valence-electron chi connectivity index (χ4n) is 1.46. The number of hydrogen-bond acceptors (Lipinski definition) is 2. The molecular weight excluding hydrogens is 262 g/mol. The molecule has 19 heavy (non-hydrogen) atoms. The lowest BCUT2D eigenvalue weighted by Gasteiger charge is -1.96. The van der Waals surface area contributed by atoms with Gasteiger partial charge in [0.05, 0.1) is 6.21 Å². The number of hydrogen-bond donors (Lipinski definition) is 1. The van der Waals surface area contributed by atoms with Gasteiger partial charge in [0, 0.05) is 12.1 Å². The van der Waals surface area contributed by atoms with E-state index >= 15 is 0 Å². The first-order chi connectivity index (χ1) is 8.84. The molecule has 0 atom stereocenters. The Kier molecular flexibility index (Phi) is 6.26. The second-order valence-electron chi connectivity index (χ2n) is 3.75. The van der Waals surface area contributed by atoms with Crippen molar-refractivity contribution in [2.24, 2.45) is 5.10 Å². The summed E-state index contributed by atoms with van der Waals surface area (Å²) in [5.74, 6) is -0.154. The second kappa shape index (κ2) is 8.00. The van der Waals surface area contributed by atoms with Crippen molar-refractivity contribution in [3.63, 3.8) is 0 Å². The van der Waals surface area contributed by atoms with E-state index in [9.17, 15) is 4.79 Å². The average Bonchev–Trinajstić information content (AvgIpc) is 2.41. The first kappa shape index (κ1) is 14.9. The molecule has 0 aliphatic heterocycles. The predicted octanol–water partition coefficient (Wildman–Crippen LogP) is -1.87. The van der Waals surface area contributed by atoms with Gasteiger partial charge in [0.15, 0.2) is 12.4 Å². The molecule has 2 aromatic rings. The quantitative estimate of drug-likeness (QED) is 0.397. The molecule has 0 saturated carbocycles. The highest BCUT2D eigenvalue weighted by Gasteiger charge is 2.06. The number of amides is 1. The van der Waals surface area contributed by atoms with Gasteiger partial charge in [0.25, 0.3) is 0 Å². The van der Waals surface area contributed by atoms with Gasteiger partial charge in [-0.15, -0.1) is 0 Å². The summed E-state index contributed by atoms with van der Waals surface area (Å²) in [6.45, 7) is 0.257. The van der Waals surface area contributed by atoms with Crippen LogP contribution in [0.2, 0.25) is 0 Å². The predicted molar refractivity (Wildman–Crippen MR) is 68.8 cm³/mol. The smallest absolute Gasteiger partial charge is 0.305 e. The van der Waals surface area contributed by atoms with E-state index in [0.717, 1.165) is 5.56 Å². The zero-order valence-corrected chi connectivity index (χ0v) is 11.0. The summed E-state index contributed by atoms with van der Waals surface area (Å²) in [6.07, 6.45) is 5.29. The van der Waals surface area contributed by atoms with Gasteiger partial charge in [0.1, 0.15) is 0 Å². The van der Waals surface area contributed by atoms with E-state index in [1.54, 1.807) is 10.8 Å². The van der Waals surface area contributed by atoms with Crippen LogP contribution in [0.1, 0.15) is 5.56 Å². The Labute approximate surface area is 118 Å². The molecule has 1 aromatic heterocycles. The Hall–Kier alpha value is -2.20. The first-order valence-corrected chi connectivity index (χ1v) is 5.65. The van der Waals surface area contributed by atoms with Crippen LogP contribution >= 0.6 is 0 Å². The molecule has 4 nitrogen and oxygen atoms in total. The number of pyridine rings is 1. The van der Waals surface area contributed by atoms with Crippen LogP contribution in [-0.4, -0.2) is 12.1 Å². The summed E-state index contributed by atoms with van der Waals surface area (Å²) >= 11 is 0. The summed E-state index contributed by atoms with van der Waals surface area (Å²) in [6, 6.07) is 15.3. The van der Waals surface area contributed by atoms with Gasteiger partial charge < -0.3 is 12.4 Å². The molecule has 2 rings (SSSR count). The summed E-state index contributed by atoms with van der Waals surface area (Å²) < 4.78 is 1.79. The van der Waals surface area contributed by atoms with Crippen LogP contribution in [0.3, 0.4) is 0 Å². The molecule has 0 unspecified atom stereocenters. The Balaban J connectivity index is 0.00000180. The van der Waals surface area contributed by atoms with Crippen molar-refractivity contribution in [2.75, 3.05) is 0 Å². The van der Waals surface area contributed by atoms with Crippen LogP contribution in [0, 0.1) is 0 Å². The third-order valence-electron chi connectivity index (χ3n) is 2.31. The fourth-order valence-corrected chi connectivity index (χ4v) is 1.46. The van der Waals surface area contributed by atoms with Gasteiger partial charge >= 0.3 is 5.91 Å². The van der Waals surface area contributed by atoms with E-state index in [-0.39, 0.29) is 24.9 Å². The largest absolute Gasteiger partial charge is 1.00 e. The van der Waals surface area contributed by atoms with Gasteiger partial charge in [-0.25, -0.2) is 5.43 Å². The van der Waals surface area contributed by atoms with Crippen LogP contribution in [0.4, 0.5) is 0 Å². The number of nitrogens with zero attached hydrogens (tertiary/aromatic N) is 2. The van der Waals surface area contributed by atoms with Crippen LogP contribution < -0.4 is 22.4 Å². The Morgan fingerprint density at radius 1 is 1.11 bits per heavy atom. The van der Waals surface area contributed by atoms with E-state index in [2.05, 4.69) is 10.5 Å². The zero-order chi connectivity index (χ0) is 12.6. The number of aromatic nitrogens is 1. The highest BCUT2D eigenvalue weighted by atomic mass is 35.5. The minimum Gasteiger partial charge on any atom is -1.00 e. The lowest BCUT2D eigenvalue weighted by atomic mass is 10.2. The molecule has 1 N–H and O–H groups in total. The number of nitrogens with one attached hydrogen (secondary N) is 1. The number of carbonyl (C=O) groups is 1. The molecule has 1 heterocycles. The van der Waals surface area contributed by atoms with Gasteiger partial charge in [-0.05, 0) is 5.56 Å². The lowest BCUT2D eigenvalue weighted by Crippen LogP contribution is -3.00. The first-order valence-electron chi connectivity index (χ1n) is 5.65. The molecule has 0 aliphatic carbocycles. The maximum absolute atomic E-state index is 11.6. The molecule has 0 aliphatic rings. The molecule has 0 spiro atoms. The van der Waals surface area contributed by atoms with E-state index in [4.69, 9.17) is 0 Å². The third kappa shape index (κ3) is 5.31. The van der Waals surface area contributed by atoms with Crippen molar-refractivity contribution >= 4 is 12.1 Å². The van der Waals surface area contributed by atoms with Crippen LogP contribution in [0.5, 0.6) is 0 Å². The molecule has 0 radical (unpaired) electrons. The molecule has 1 amide bonds. The Bertz CT molecular complexity index is 529. The van der Waals surface area contributed by atoms with E-state index in [0.29, 0.717) is 0 Å². The van der Waals surface area contributed by atoms with Crippen molar-refractivity contribution < 1.29 is 21.8 Å². The van der Waals surface area contributed by atoms with E-state index < -0.39 is 0 Å². The van der Waals surface area contributed by atoms with Gasteiger partial charge in [0.2, 0.25) is 6.54 Å². The zero-order valence-electron chi connectivity index (χ0n) is 10.2. The normalized spacial score (nSPS) is 9.89. The van der Waals surface area contributed by atoms with E-state index in [1.807, 2.05) is 60.9 Å². The van der Waals surface area contributed by atoms with E-state index in [1.165, 1.54) is 0 Å². The molecule has 0 bridgehead atoms. The summed E-state index contributed by atoms with van der Waals surface area (Å²) in [5.41, 5.74) is 3.44. The number of benzene rings is 1. The number of rotatable bonds is 4. The number of hydrazone groups is 1. The summed E-state index contributed by atoms with van der Waals surface area (Å²) in [4.78, 5) is 11.6. The van der Waals surface area contributed by atoms with Crippen molar-refractivity contribution in [1.29, 1.82) is 0 Å². The maximum Gasteiger partial charge on any atom is 0.305 e. The molecule has 0 saturated heterocycles. The molecule has 0 fully saturated rings. The minimum absolute atomic E-state index is 0. The number of carbonyl (C=O) groups excluding carboxylic acids is 1. The average molecular weight is 276 g/mol. The Morgan fingerprint density at radius 2 is 1.74 bits per heavy atom. The standard InChI is InChI=1S/C14H13N3O.ClH/c18-14(12-17-9-5-2-6-10-17)16-15-11-13-7-3-1-4-8-13;/h1-11H,12H2;1H. The van der Waals surface area contributed by atoms with Crippen molar-refractivity contribution in [3.05, 3.63) is 66.5 Å².